The summed E-state index contributed by atoms with van der Waals surface area (Å²) >= 11 is 0. The Morgan fingerprint density at radius 2 is 1.85 bits per heavy atom. The van der Waals surface area contributed by atoms with Crippen molar-refractivity contribution in [1.29, 1.82) is 0 Å². The Hall–Kier alpha value is -1.91. The summed E-state index contributed by atoms with van der Waals surface area (Å²) in [4.78, 5) is 16.0. The average molecular weight is 292 g/mol. The Labute approximate surface area is 124 Å². The van der Waals surface area contributed by atoms with E-state index in [9.17, 15) is 4.79 Å². The van der Waals surface area contributed by atoms with E-state index in [1.807, 2.05) is 48.5 Å². The van der Waals surface area contributed by atoms with Gasteiger partial charge in [0.2, 0.25) is 5.91 Å². The Balaban J connectivity index is 0.00000200. The third-order valence-electron chi connectivity index (χ3n) is 2.81. The van der Waals surface area contributed by atoms with Crippen LogP contribution in [0.1, 0.15) is 11.3 Å². The largest absolute Gasteiger partial charge is 0.349 e. The first-order valence-electron chi connectivity index (χ1n) is 6.23. The summed E-state index contributed by atoms with van der Waals surface area (Å²) in [5.41, 5.74) is 7.76. The van der Waals surface area contributed by atoms with E-state index >= 15 is 0 Å². The molecule has 0 spiro atoms. The molecule has 0 bridgehead atoms. The minimum absolute atomic E-state index is 0. The Morgan fingerprint density at radius 1 is 1.15 bits per heavy atom. The molecule has 1 aromatic heterocycles. The van der Waals surface area contributed by atoms with E-state index in [4.69, 9.17) is 5.73 Å². The molecule has 0 aliphatic rings. The average Bonchev–Trinajstić information content (AvgIpc) is 2.47. The van der Waals surface area contributed by atoms with Crippen LogP contribution in [0.3, 0.4) is 0 Å². The van der Waals surface area contributed by atoms with Gasteiger partial charge in [0.15, 0.2) is 0 Å². The van der Waals surface area contributed by atoms with Crippen molar-refractivity contribution < 1.29 is 4.79 Å². The second kappa shape index (κ2) is 8.30. The topological polar surface area (TPSA) is 68.0 Å². The fourth-order valence-electron chi connectivity index (χ4n) is 1.77. The second-order valence-corrected chi connectivity index (χ2v) is 4.34. The SMILES string of the molecule is Cl.NC(Cc1ccccc1)C(=O)NCc1ccccn1. The number of carbonyl (C=O) groups excluding carboxylic acids is 1. The lowest BCUT2D eigenvalue weighted by molar-refractivity contribution is -0.122. The number of aromatic nitrogens is 1. The molecule has 2 aromatic rings. The summed E-state index contributed by atoms with van der Waals surface area (Å²) in [5.74, 6) is -0.158. The van der Waals surface area contributed by atoms with Crippen molar-refractivity contribution in [2.45, 2.75) is 19.0 Å². The maximum absolute atomic E-state index is 11.9. The summed E-state index contributed by atoms with van der Waals surface area (Å²) in [6.07, 6.45) is 2.24. The lowest BCUT2D eigenvalue weighted by Crippen LogP contribution is -2.41. The molecule has 1 heterocycles. The van der Waals surface area contributed by atoms with Crippen molar-refractivity contribution in [2.24, 2.45) is 5.73 Å². The van der Waals surface area contributed by atoms with E-state index in [0.717, 1.165) is 11.3 Å². The van der Waals surface area contributed by atoms with Crippen LogP contribution in [0.4, 0.5) is 0 Å². The molecule has 1 atom stereocenters. The van der Waals surface area contributed by atoms with Crippen molar-refractivity contribution in [3.63, 3.8) is 0 Å². The van der Waals surface area contributed by atoms with Crippen molar-refractivity contribution in [3.8, 4) is 0 Å². The van der Waals surface area contributed by atoms with Gasteiger partial charge in [0.05, 0.1) is 18.3 Å². The van der Waals surface area contributed by atoms with Crippen molar-refractivity contribution >= 4 is 18.3 Å². The van der Waals surface area contributed by atoms with Crippen molar-refractivity contribution in [2.75, 3.05) is 0 Å². The molecule has 0 aliphatic heterocycles. The smallest absolute Gasteiger partial charge is 0.237 e. The predicted octanol–water partition coefficient (Wildman–Crippen LogP) is 1.69. The first-order chi connectivity index (χ1) is 9.25. The van der Waals surface area contributed by atoms with Gasteiger partial charge in [-0.3, -0.25) is 9.78 Å². The Bertz CT molecular complexity index is 519. The molecular weight excluding hydrogens is 274 g/mol. The first-order valence-corrected chi connectivity index (χ1v) is 6.23. The Kier molecular flexibility index (Phi) is 6.70. The van der Waals surface area contributed by atoms with Crippen LogP contribution in [0.15, 0.2) is 54.7 Å². The zero-order chi connectivity index (χ0) is 13.5. The van der Waals surface area contributed by atoms with Crippen LogP contribution in [0.25, 0.3) is 0 Å². The van der Waals surface area contributed by atoms with Gasteiger partial charge in [-0.1, -0.05) is 36.4 Å². The fraction of sp³-hybridized carbons (Fsp3) is 0.200. The second-order valence-electron chi connectivity index (χ2n) is 4.34. The molecule has 1 aromatic carbocycles. The first kappa shape index (κ1) is 16.1. The fourth-order valence-corrected chi connectivity index (χ4v) is 1.77. The van der Waals surface area contributed by atoms with E-state index in [1.54, 1.807) is 6.20 Å². The van der Waals surface area contributed by atoms with Crippen LogP contribution in [0, 0.1) is 0 Å². The lowest BCUT2D eigenvalue weighted by atomic mass is 10.1. The number of nitrogens with two attached hydrogens (primary N) is 1. The predicted molar refractivity (Wildman–Crippen MR) is 81.5 cm³/mol. The number of amides is 1. The van der Waals surface area contributed by atoms with E-state index in [0.29, 0.717) is 13.0 Å². The van der Waals surface area contributed by atoms with Crippen LogP contribution >= 0.6 is 12.4 Å². The third-order valence-corrected chi connectivity index (χ3v) is 2.81. The third kappa shape index (κ3) is 4.99. The van der Waals surface area contributed by atoms with Gasteiger partial charge >= 0.3 is 0 Å². The minimum Gasteiger partial charge on any atom is -0.349 e. The molecule has 1 amide bonds. The minimum atomic E-state index is -0.536. The number of nitrogens with one attached hydrogen (secondary N) is 1. The van der Waals surface area contributed by atoms with Crippen LogP contribution in [-0.2, 0) is 17.8 Å². The van der Waals surface area contributed by atoms with Crippen LogP contribution in [0.2, 0.25) is 0 Å². The molecule has 1 unspecified atom stereocenters. The highest BCUT2D eigenvalue weighted by molar-refractivity contribution is 5.85. The zero-order valence-corrected chi connectivity index (χ0v) is 11.8. The molecule has 3 N–H and O–H groups in total. The normalized spacial score (nSPS) is 11.2. The number of benzene rings is 1. The van der Waals surface area contributed by atoms with E-state index in [1.165, 1.54) is 0 Å². The number of halogens is 1. The zero-order valence-electron chi connectivity index (χ0n) is 11.0. The molecular formula is C15H18ClN3O. The number of nitrogens with zero attached hydrogens (tertiary/aromatic N) is 1. The molecule has 5 heteroatoms. The van der Waals surface area contributed by atoms with E-state index in [-0.39, 0.29) is 18.3 Å². The monoisotopic (exact) mass is 291 g/mol. The maximum atomic E-state index is 11.9. The summed E-state index contributed by atoms with van der Waals surface area (Å²) < 4.78 is 0. The number of carbonyl (C=O) groups is 1. The molecule has 0 saturated carbocycles. The molecule has 0 saturated heterocycles. The summed E-state index contributed by atoms with van der Waals surface area (Å²) in [5, 5.41) is 2.79. The van der Waals surface area contributed by atoms with Crippen LogP contribution < -0.4 is 11.1 Å². The standard InChI is InChI=1S/C15H17N3O.ClH/c16-14(10-12-6-2-1-3-7-12)15(19)18-11-13-8-4-5-9-17-13;/h1-9,14H,10-11,16H2,(H,18,19);1H. The van der Waals surface area contributed by atoms with Crippen LogP contribution in [0.5, 0.6) is 0 Å². The van der Waals surface area contributed by atoms with Gasteiger partial charge in [-0.15, -0.1) is 12.4 Å². The van der Waals surface area contributed by atoms with Gasteiger partial charge < -0.3 is 11.1 Å². The quantitative estimate of drug-likeness (QED) is 0.881. The van der Waals surface area contributed by atoms with Crippen molar-refractivity contribution in [3.05, 3.63) is 66.0 Å². The molecule has 4 nitrogen and oxygen atoms in total. The summed E-state index contributed by atoms with van der Waals surface area (Å²) in [7, 11) is 0. The Morgan fingerprint density at radius 3 is 2.50 bits per heavy atom. The molecule has 2 rings (SSSR count). The summed E-state index contributed by atoms with van der Waals surface area (Å²) in [6, 6.07) is 14.8. The molecule has 106 valence electrons. The van der Waals surface area contributed by atoms with Crippen molar-refractivity contribution in [1.82, 2.24) is 10.3 Å². The van der Waals surface area contributed by atoms with Gasteiger partial charge in [0.1, 0.15) is 0 Å². The number of pyridine rings is 1. The highest BCUT2D eigenvalue weighted by atomic mass is 35.5. The highest BCUT2D eigenvalue weighted by Gasteiger charge is 2.13. The molecule has 0 aliphatic carbocycles. The van der Waals surface area contributed by atoms with E-state index in [2.05, 4.69) is 10.3 Å². The number of rotatable bonds is 5. The molecule has 0 fully saturated rings. The molecule has 20 heavy (non-hydrogen) atoms. The van der Waals surface area contributed by atoms with Gasteiger partial charge in [-0.25, -0.2) is 0 Å². The van der Waals surface area contributed by atoms with Crippen LogP contribution in [-0.4, -0.2) is 16.9 Å². The summed E-state index contributed by atoms with van der Waals surface area (Å²) in [6.45, 7) is 0.405. The highest BCUT2D eigenvalue weighted by Crippen LogP contribution is 2.02. The maximum Gasteiger partial charge on any atom is 0.237 e. The van der Waals surface area contributed by atoms with Gasteiger partial charge in [0, 0.05) is 6.20 Å². The van der Waals surface area contributed by atoms with Gasteiger partial charge in [0.25, 0.3) is 0 Å². The number of hydrogen-bond acceptors (Lipinski definition) is 3. The molecule has 0 radical (unpaired) electrons. The van der Waals surface area contributed by atoms with Gasteiger partial charge in [-0.2, -0.15) is 0 Å². The number of hydrogen-bond donors (Lipinski definition) is 2. The lowest BCUT2D eigenvalue weighted by Gasteiger charge is -2.12. The van der Waals surface area contributed by atoms with Gasteiger partial charge in [-0.05, 0) is 24.1 Å². The van der Waals surface area contributed by atoms with E-state index < -0.39 is 6.04 Å².